The van der Waals surface area contributed by atoms with Gasteiger partial charge in [0.1, 0.15) is 5.75 Å². The minimum atomic E-state index is 0.847. The molecule has 0 amide bonds. The van der Waals surface area contributed by atoms with Crippen LogP contribution in [0.5, 0.6) is 5.75 Å². The molecule has 1 aromatic heterocycles. The quantitative estimate of drug-likeness (QED) is 0.720. The van der Waals surface area contributed by atoms with Gasteiger partial charge in [0, 0.05) is 0 Å². The molecule has 3 rings (SSSR count). The van der Waals surface area contributed by atoms with Gasteiger partial charge >= 0.3 is 0 Å². The Morgan fingerprint density at radius 2 is 1.65 bits per heavy atom. The van der Waals surface area contributed by atoms with E-state index in [4.69, 9.17) is 4.74 Å². The second-order valence-electron chi connectivity index (χ2n) is 4.39. The molecule has 0 radical (unpaired) electrons. The van der Waals surface area contributed by atoms with E-state index < -0.39 is 0 Å². The van der Waals surface area contributed by atoms with Gasteiger partial charge in [-0.05, 0) is 35.9 Å². The highest BCUT2D eigenvalue weighted by Crippen LogP contribution is 2.14. The van der Waals surface area contributed by atoms with Gasteiger partial charge in [-0.3, -0.25) is 4.98 Å². The highest BCUT2D eigenvalue weighted by atomic mass is 16.5. The van der Waals surface area contributed by atoms with Crippen LogP contribution in [-0.4, -0.2) is 17.1 Å². The largest absolute Gasteiger partial charge is 0.497 e. The summed E-state index contributed by atoms with van der Waals surface area (Å²) in [6.45, 7) is 0. The molecular weight excluding hydrogens is 248 g/mol. The fourth-order valence-corrected chi connectivity index (χ4v) is 1.95. The summed E-state index contributed by atoms with van der Waals surface area (Å²) in [6, 6.07) is 15.7. The van der Waals surface area contributed by atoms with Crippen molar-refractivity contribution in [2.75, 3.05) is 7.11 Å². The Morgan fingerprint density at radius 3 is 2.40 bits per heavy atom. The molecule has 0 aliphatic carbocycles. The number of fused-ring (bicyclic) bond motifs is 1. The van der Waals surface area contributed by atoms with E-state index in [1.54, 1.807) is 13.3 Å². The molecule has 0 saturated carbocycles. The van der Waals surface area contributed by atoms with Crippen LogP contribution in [0.1, 0.15) is 11.3 Å². The fraction of sp³-hybridized carbons (Fsp3) is 0.0588. The van der Waals surface area contributed by atoms with Crippen LogP contribution in [0.3, 0.4) is 0 Å². The van der Waals surface area contributed by atoms with Gasteiger partial charge < -0.3 is 4.74 Å². The summed E-state index contributed by atoms with van der Waals surface area (Å²) in [5, 5.41) is 0. The fourth-order valence-electron chi connectivity index (χ4n) is 1.95. The van der Waals surface area contributed by atoms with Gasteiger partial charge in [-0.15, -0.1) is 0 Å². The van der Waals surface area contributed by atoms with Gasteiger partial charge in [-0.1, -0.05) is 30.3 Å². The van der Waals surface area contributed by atoms with Crippen molar-refractivity contribution in [3.8, 4) is 5.75 Å². The van der Waals surface area contributed by atoms with Crippen LogP contribution >= 0.6 is 0 Å². The molecule has 0 aliphatic heterocycles. The standard InChI is InChI=1S/C17H14N2O/c1-20-15-10-7-13(8-11-15)6-9-14-12-18-16-4-2-3-5-17(16)19-14/h2-12H,1H3. The molecule has 0 aliphatic rings. The van der Waals surface area contributed by atoms with Crippen molar-refractivity contribution < 1.29 is 4.74 Å². The van der Waals surface area contributed by atoms with Crippen molar-refractivity contribution >= 4 is 23.2 Å². The molecular formula is C17H14N2O. The zero-order chi connectivity index (χ0) is 13.8. The lowest BCUT2D eigenvalue weighted by Gasteiger charge is -2.00. The zero-order valence-electron chi connectivity index (χ0n) is 11.2. The molecule has 1 heterocycles. The Morgan fingerprint density at radius 1 is 0.900 bits per heavy atom. The van der Waals surface area contributed by atoms with Gasteiger partial charge in [-0.2, -0.15) is 0 Å². The van der Waals surface area contributed by atoms with E-state index in [2.05, 4.69) is 9.97 Å². The van der Waals surface area contributed by atoms with E-state index in [0.29, 0.717) is 0 Å². The third-order valence-corrected chi connectivity index (χ3v) is 3.03. The van der Waals surface area contributed by atoms with E-state index >= 15 is 0 Å². The molecule has 2 aromatic carbocycles. The van der Waals surface area contributed by atoms with E-state index in [9.17, 15) is 0 Å². The van der Waals surface area contributed by atoms with Crippen LogP contribution < -0.4 is 4.74 Å². The van der Waals surface area contributed by atoms with E-state index in [-0.39, 0.29) is 0 Å². The Balaban J connectivity index is 1.85. The van der Waals surface area contributed by atoms with Crippen molar-refractivity contribution in [2.24, 2.45) is 0 Å². The molecule has 0 spiro atoms. The molecule has 0 bridgehead atoms. The summed E-state index contributed by atoms with van der Waals surface area (Å²) in [4.78, 5) is 8.94. The number of ether oxygens (including phenoxy) is 1. The van der Waals surface area contributed by atoms with Crippen molar-refractivity contribution in [3.05, 3.63) is 66.0 Å². The maximum atomic E-state index is 5.13. The average molecular weight is 262 g/mol. The van der Waals surface area contributed by atoms with Crippen LogP contribution in [0.2, 0.25) is 0 Å². The van der Waals surface area contributed by atoms with E-state index in [1.807, 2.05) is 60.7 Å². The Kier molecular flexibility index (Phi) is 3.42. The van der Waals surface area contributed by atoms with Gasteiger partial charge in [0.15, 0.2) is 0 Å². The van der Waals surface area contributed by atoms with Crippen molar-refractivity contribution in [3.63, 3.8) is 0 Å². The normalized spacial score (nSPS) is 11.1. The highest BCUT2D eigenvalue weighted by molar-refractivity contribution is 5.76. The number of nitrogens with zero attached hydrogens (tertiary/aromatic N) is 2. The molecule has 0 unspecified atom stereocenters. The first kappa shape index (κ1) is 12.4. The van der Waals surface area contributed by atoms with Gasteiger partial charge in [0.05, 0.1) is 30.0 Å². The lowest BCUT2D eigenvalue weighted by molar-refractivity contribution is 0.415. The first-order chi connectivity index (χ1) is 9.85. The number of rotatable bonds is 3. The van der Waals surface area contributed by atoms with Crippen LogP contribution in [0.4, 0.5) is 0 Å². The molecule has 3 aromatic rings. The Hall–Kier alpha value is -2.68. The minimum Gasteiger partial charge on any atom is -0.497 e. The lowest BCUT2D eigenvalue weighted by Crippen LogP contribution is -1.86. The smallest absolute Gasteiger partial charge is 0.118 e. The average Bonchev–Trinajstić information content (AvgIpc) is 2.53. The second-order valence-corrected chi connectivity index (χ2v) is 4.39. The first-order valence-electron chi connectivity index (χ1n) is 6.39. The lowest BCUT2D eigenvalue weighted by atomic mass is 10.2. The zero-order valence-corrected chi connectivity index (χ0v) is 11.2. The summed E-state index contributed by atoms with van der Waals surface area (Å²) in [6.07, 6.45) is 5.75. The van der Waals surface area contributed by atoms with Crippen LogP contribution in [0.25, 0.3) is 23.2 Å². The number of benzene rings is 2. The maximum absolute atomic E-state index is 5.13. The molecule has 98 valence electrons. The molecule has 3 nitrogen and oxygen atoms in total. The summed E-state index contributed by atoms with van der Waals surface area (Å²) >= 11 is 0. The second kappa shape index (κ2) is 5.53. The molecule has 0 fully saturated rings. The predicted octanol–water partition coefficient (Wildman–Crippen LogP) is 3.81. The number of aromatic nitrogens is 2. The summed E-state index contributed by atoms with van der Waals surface area (Å²) in [5.41, 5.74) is 3.76. The number of hydrogen-bond donors (Lipinski definition) is 0. The Bertz CT molecular complexity index is 748. The van der Waals surface area contributed by atoms with Crippen molar-refractivity contribution in [1.82, 2.24) is 9.97 Å². The minimum absolute atomic E-state index is 0.847. The van der Waals surface area contributed by atoms with Crippen LogP contribution in [-0.2, 0) is 0 Å². The van der Waals surface area contributed by atoms with Crippen LogP contribution in [0, 0.1) is 0 Å². The monoisotopic (exact) mass is 262 g/mol. The van der Waals surface area contributed by atoms with Crippen LogP contribution in [0.15, 0.2) is 54.7 Å². The SMILES string of the molecule is COc1ccc(C=Cc2cnc3ccccc3n2)cc1. The molecule has 0 atom stereocenters. The molecule has 0 N–H and O–H groups in total. The highest BCUT2D eigenvalue weighted by Gasteiger charge is 1.96. The summed E-state index contributed by atoms with van der Waals surface area (Å²) in [7, 11) is 1.66. The summed E-state index contributed by atoms with van der Waals surface area (Å²) in [5.74, 6) is 0.854. The molecule has 20 heavy (non-hydrogen) atoms. The van der Waals surface area contributed by atoms with Crippen molar-refractivity contribution in [1.29, 1.82) is 0 Å². The van der Waals surface area contributed by atoms with Crippen molar-refractivity contribution in [2.45, 2.75) is 0 Å². The van der Waals surface area contributed by atoms with E-state index in [1.165, 1.54) is 0 Å². The van der Waals surface area contributed by atoms with Gasteiger partial charge in [-0.25, -0.2) is 4.98 Å². The van der Waals surface area contributed by atoms with Gasteiger partial charge in [0.2, 0.25) is 0 Å². The van der Waals surface area contributed by atoms with Gasteiger partial charge in [0.25, 0.3) is 0 Å². The summed E-state index contributed by atoms with van der Waals surface area (Å²) < 4.78 is 5.13. The third kappa shape index (κ3) is 2.67. The molecule has 3 heteroatoms. The topological polar surface area (TPSA) is 35.0 Å². The molecule has 0 saturated heterocycles. The Labute approximate surface area is 117 Å². The van der Waals surface area contributed by atoms with E-state index in [0.717, 1.165) is 28.0 Å². The maximum Gasteiger partial charge on any atom is 0.118 e. The third-order valence-electron chi connectivity index (χ3n) is 3.03. The number of hydrogen-bond acceptors (Lipinski definition) is 3. The predicted molar refractivity (Wildman–Crippen MR) is 81.5 cm³/mol. The first-order valence-corrected chi connectivity index (χ1v) is 6.39. The number of methoxy groups -OCH3 is 1. The number of para-hydroxylation sites is 2.